The van der Waals surface area contributed by atoms with Crippen LogP contribution in [0, 0.1) is 0 Å². The summed E-state index contributed by atoms with van der Waals surface area (Å²) < 4.78 is 1.44. The lowest BCUT2D eigenvalue weighted by Gasteiger charge is -2.11. The third-order valence-electron chi connectivity index (χ3n) is 5.14. The number of carbonyl (C=O) groups excluding carboxylic acids is 1. The molecule has 0 radical (unpaired) electrons. The minimum absolute atomic E-state index is 0.0600. The third-order valence-corrected chi connectivity index (χ3v) is 5.14. The van der Waals surface area contributed by atoms with Gasteiger partial charge < -0.3 is 5.32 Å². The molecule has 5 heteroatoms. The van der Waals surface area contributed by atoms with Gasteiger partial charge in [-0.1, -0.05) is 42.5 Å². The summed E-state index contributed by atoms with van der Waals surface area (Å²) >= 11 is 0. The molecule has 1 amide bonds. The molecular formula is C23H17N3O2. The lowest BCUT2D eigenvalue weighted by atomic mass is 10.1. The average molecular weight is 367 g/mol. The summed E-state index contributed by atoms with van der Waals surface area (Å²) in [7, 11) is 0. The van der Waals surface area contributed by atoms with Crippen LogP contribution in [-0.2, 0) is 17.8 Å². The van der Waals surface area contributed by atoms with Crippen LogP contribution in [0.3, 0.4) is 0 Å². The summed E-state index contributed by atoms with van der Waals surface area (Å²) in [4.78, 5) is 29.0. The van der Waals surface area contributed by atoms with Crippen molar-refractivity contribution in [1.82, 2.24) is 9.55 Å². The Hall–Kier alpha value is -3.73. The van der Waals surface area contributed by atoms with Crippen LogP contribution in [0.2, 0.25) is 0 Å². The Labute approximate surface area is 161 Å². The zero-order chi connectivity index (χ0) is 19.1. The molecule has 3 aromatic carbocycles. The lowest BCUT2D eigenvalue weighted by molar-refractivity contribution is -0.116. The smallest absolute Gasteiger partial charge is 0.269 e. The Morgan fingerprint density at radius 3 is 2.68 bits per heavy atom. The first-order valence-electron chi connectivity index (χ1n) is 9.15. The second kappa shape index (κ2) is 6.46. The standard InChI is InChI=1S/C23H17N3O2/c27-22(14-26-21-8-4-3-7-20(21)24-13-23(26)28)25-17-10-9-16-11-15-5-1-2-6-18(15)19(16)12-17/h1-10,12-13H,11,14H2,(H,25,27). The molecular weight excluding hydrogens is 350 g/mol. The maximum atomic E-state index is 12.6. The Morgan fingerprint density at radius 2 is 1.75 bits per heavy atom. The molecule has 0 fully saturated rings. The molecule has 0 saturated carbocycles. The summed E-state index contributed by atoms with van der Waals surface area (Å²) in [5.74, 6) is -0.246. The Bertz CT molecular complexity index is 1290. The summed E-state index contributed by atoms with van der Waals surface area (Å²) in [6, 6.07) is 21.6. The Morgan fingerprint density at radius 1 is 0.964 bits per heavy atom. The van der Waals surface area contributed by atoms with Crippen LogP contribution < -0.4 is 10.9 Å². The highest BCUT2D eigenvalue weighted by Crippen LogP contribution is 2.37. The Balaban J connectivity index is 1.42. The van der Waals surface area contributed by atoms with Gasteiger partial charge in [0.2, 0.25) is 5.91 Å². The number of carbonyl (C=O) groups is 1. The molecule has 4 aromatic rings. The van der Waals surface area contributed by atoms with Gasteiger partial charge in [0.25, 0.3) is 5.56 Å². The number of rotatable bonds is 3. The van der Waals surface area contributed by atoms with Crippen molar-refractivity contribution in [3.63, 3.8) is 0 Å². The topological polar surface area (TPSA) is 64.0 Å². The molecule has 1 heterocycles. The van der Waals surface area contributed by atoms with E-state index in [-0.39, 0.29) is 18.0 Å². The van der Waals surface area contributed by atoms with Crippen molar-refractivity contribution in [2.45, 2.75) is 13.0 Å². The molecule has 28 heavy (non-hydrogen) atoms. The fraction of sp³-hybridized carbons (Fsp3) is 0.0870. The number of benzene rings is 3. The minimum atomic E-state index is -0.295. The molecule has 5 rings (SSSR count). The zero-order valence-corrected chi connectivity index (χ0v) is 15.1. The van der Waals surface area contributed by atoms with Crippen LogP contribution in [0.1, 0.15) is 11.1 Å². The second-order valence-electron chi connectivity index (χ2n) is 6.93. The molecule has 1 aromatic heterocycles. The van der Waals surface area contributed by atoms with Gasteiger partial charge in [-0.05, 0) is 52.9 Å². The van der Waals surface area contributed by atoms with E-state index >= 15 is 0 Å². The first-order chi connectivity index (χ1) is 13.7. The molecule has 1 N–H and O–H groups in total. The van der Waals surface area contributed by atoms with Gasteiger partial charge in [-0.25, -0.2) is 4.98 Å². The predicted molar refractivity (Wildman–Crippen MR) is 109 cm³/mol. The number of nitrogens with zero attached hydrogens (tertiary/aromatic N) is 2. The summed E-state index contributed by atoms with van der Waals surface area (Å²) in [6.07, 6.45) is 2.17. The van der Waals surface area contributed by atoms with E-state index in [0.29, 0.717) is 11.0 Å². The number of hydrogen-bond donors (Lipinski definition) is 1. The van der Waals surface area contributed by atoms with Crippen molar-refractivity contribution < 1.29 is 4.79 Å². The van der Waals surface area contributed by atoms with E-state index in [1.807, 2.05) is 42.5 Å². The zero-order valence-electron chi connectivity index (χ0n) is 15.1. The van der Waals surface area contributed by atoms with Crippen LogP contribution >= 0.6 is 0 Å². The van der Waals surface area contributed by atoms with Crippen molar-refractivity contribution in [2.75, 3.05) is 5.32 Å². The minimum Gasteiger partial charge on any atom is -0.325 e. The number of fused-ring (bicyclic) bond motifs is 4. The van der Waals surface area contributed by atoms with E-state index in [2.05, 4.69) is 28.5 Å². The quantitative estimate of drug-likeness (QED) is 0.530. The average Bonchev–Trinajstić information content (AvgIpc) is 3.08. The molecule has 0 bridgehead atoms. The summed E-state index contributed by atoms with van der Waals surface area (Å²) in [5.41, 5.74) is 6.69. The molecule has 0 atom stereocenters. The molecule has 0 spiro atoms. The van der Waals surface area contributed by atoms with E-state index in [4.69, 9.17) is 0 Å². The molecule has 0 saturated heterocycles. The number of amides is 1. The maximum Gasteiger partial charge on any atom is 0.269 e. The van der Waals surface area contributed by atoms with Crippen molar-refractivity contribution in [3.05, 3.63) is 94.4 Å². The SMILES string of the molecule is O=C(Cn1c(=O)cnc2ccccc21)Nc1ccc2c(c1)-c1ccccc1C2. The van der Waals surface area contributed by atoms with E-state index in [9.17, 15) is 9.59 Å². The van der Waals surface area contributed by atoms with Crippen LogP contribution in [-0.4, -0.2) is 15.5 Å². The molecule has 0 aliphatic heterocycles. The van der Waals surface area contributed by atoms with Crippen LogP contribution in [0.15, 0.2) is 77.7 Å². The number of nitrogens with one attached hydrogen (secondary N) is 1. The third kappa shape index (κ3) is 2.77. The van der Waals surface area contributed by atoms with Crippen molar-refractivity contribution in [1.29, 1.82) is 0 Å². The lowest BCUT2D eigenvalue weighted by Crippen LogP contribution is -2.28. The molecule has 0 unspecified atom stereocenters. The van der Waals surface area contributed by atoms with Gasteiger partial charge in [-0.15, -0.1) is 0 Å². The monoisotopic (exact) mass is 367 g/mol. The van der Waals surface area contributed by atoms with E-state index in [0.717, 1.165) is 17.7 Å². The highest BCUT2D eigenvalue weighted by atomic mass is 16.2. The molecule has 136 valence electrons. The summed E-state index contributed by atoms with van der Waals surface area (Å²) in [6.45, 7) is -0.0600. The first kappa shape index (κ1) is 16.4. The van der Waals surface area contributed by atoms with Gasteiger partial charge >= 0.3 is 0 Å². The predicted octanol–water partition coefficient (Wildman–Crippen LogP) is 3.61. The van der Waals surface area contributed by atoms with Gasteiger partial charge in [0, 0.05) is 5.69 Å². The van der Waals surface area contributed by atoms with E-state index < -0.39 is 0 Å². The van der Waals surface area contributed by atoms with Crippen LogP contribution in [0.4, 0.5) is 5.69 Å². The molecule has 5 nitrogen and oxygen atoms in total. The van der Waals surface area contributed by atoms with Crippen LogP contribution in [0.5, 0.6) is 0 Å². The molecule has 1 aliphatic rings. The van der Waals surface area contributed by atoms with Gasteiger partial charge in [0.15, 0.2) is 0 Å². The number of para-hydroxylation sites is 2. The first-order valence-corrected chi connectivity index (χ1v) is 9.15. The molecule has 1 aliphatic carbocycles. The fourth-order valence-corrected chi connectivity index (χ4v) is 3.82. The van der Waals surface area contributed by atoms with Gasteiger partial charge in [-0.3, -0.25) is 14.2 Å². The Kier molecular flexibility index (Phi) is 3.79. The number of aromatic nitrogens is 2. The highest BCUT2D eigenvalue weighted by molar-refractivity contribution is 5.93. The van der Waals surface area contributed by atoms with Crippen molar-refractivity contribution >= 4 is 22.6 Å². The maximum absolute atomic E-state index is 12.6. The fourth-order valence-electron chi connectivity index (χ4n) is 3.82. The normalized spacial score (nSPS) is 11.9. The van der Waals surface area contributed by atoms with Crippen molar-refractivity contribution in [3.8, 4) is 11.1 Å². The van der Waals surface area contributed by atoms with Gasteiger partial charge in [0.1, 0.15) is 6.54 Å². The van der Waals surface area contributed by atoms with E-state index in [1.54, 1.807) is 6.07 Å². The summed E-state index contributed by atoms with van der Waals surface area (Å²) in [5, 5.41) is 2.92. The van der Waals surface area contributed by atoms with E-state index in [1.165, 1.54) is 27.5 Å². The highest BCUT2D eigenvalue weighted by Gasteiger charge is 2.18. The second-order valence-corrected chi connectivity index (χ2v) is 6.93. The largest absolute Gasteiger partial charge is 0.325 e. The van der Waals surface area contributed by atoms with Gasteiger partial charge in [-0.2, -0.15) is 0 Å². The van der Waals surface area contributed by atoms with Crippen molar-refractivity contribution in [2.24, 2.45) is 0 Å². The number of anilines is 1. The van der Waals surface area contributed by atoms with Crippen LogP contribution in [0.25, 0.3) is 22.2 Å². The van der Waals surface area contributed by atoms with Gasteiger partial charge in [0.05, 0.1) is 17.2 Å². The number of hydrogen-bond acceptors (Lipinski definition) is 3.